The van der Waals surface area contributed by atoms with Crippen molar-refractivity contribution in [3.8, 4) is 0 Å². The molecule has 2 aliphatic rings. The van der Waals surface area contributed by atoms with Gasteiger partial charge in [-0.1, -0.05) is 31.2 Å². The predicted molar refractivity (Wildman–Crippen MR) is 130 cm³/mol. The Kier molecular flexibility index (Phi) is 8.07. The van der Waals surface area contributed by atoms with Crippen molar-refractivity contribution in [1.82, 2.24) is 14.5 Å². The predicted octanol–water partition coefficient (Wildman–Crippen LogP) is 3.49. The number of allylic oxidation sites excluding steroid dienone is 1. The molecule has 0 radical (unpaired) electrons. The molecule has 4 rings (SSSR count). The number of rotatable bonds is 4. The molecule has 32 heavy (non-hydrogen) atoms. The van der Waals surface area contributed by atoms with Gasteiger partial charge in [-0.05, 0) is 69.0 Å². The van der Waals surface area contributed by atoms with Crippen LogP contribution in [0.3, 0.4) is 0 Å². The van der Waals surface area contributed by atoms with Crippen LogP contribution in [0.25, 0.3) is 11.0 Å². The third-order valence-corrected chi connectivity index (χ3v) is 6.55. The van der Waals surface area contributed by atoms with Crippen molar-refractivity contribution in [3.63, 3.8) is 0 Å². The Labute approximate surface area is 190 Å². The van der Waals surface area contributed by atoms with Gasteiger partial charge < -0.3 is 20.9 Å². The van der Waals surface area contributed by atoms with Gasteiger partial charge in [0.25, 0.3) is 5.56 Å². The summed E-state index contributed by atoms with van der Waals surface area (Å²) < 4.78 is 1.89. The van der Waals surface area contributed by atoms with E-state index in [1.165, 1.54) is 38.2 Å². The monoisotopic (exact) mass is 439 g/mol. The van der Waals surface area contributed by atoms with Gasteiger partial charge in [0, 0.05) is 26.1 Å². The number of piperidine rings is 1. The molecule has 7 heteroatoms. The van der Waals surface area contributed by atoms with Crippen molar-refractivity contribution in [2.24, 2.45) is 17.6 Å². The van der Waals surface area contributed by atoms with Gasteiger partial charge in [0.1, 0.15) is 0 Å². The van der Waals surface area contributed by atoms with Gasteiger partial charge in [-0.2, -0.15) is 0 Å². The van der Waals surface area contributed by atoms with E-state index in [0.717, 1.165) is 55.3 Å². The fourth-order valence-electron chi connectivity index (χ4n) is 5.24. The van der Waals surface area contributed by atoms with E-state index < -0.39 is 0 Å². The molecule has 1 aliphatic heterocycles. The van der Waals surface area contributed by atoms with Crippen LogP contribution < -0.4 is 17.0 Å². The second-order valence-electron chi connectivity index (χ2n) is 9.50. The second-order valence-corrected chi connectivity index (χ2v) is 9.50. The molecular weight excluding hydrogens is 402 g/mol. The van der Waals surface area contributed by atoms with Gasteiger partial charge in [-0.3, -0.25) is 9.59 Å². The quantitative estimate of drug-likeness (QED) is 0.709. The highest BCUT2D eigenvalue weighted by Gasteiger charge is 2.26. The number of nitrogen functional groups attached to an aromatic ring is 1. The lowest BCUT2D eigenvalue weighted by molar-refractivity contribution is -0.115. The molecule has 1 aromatic carbocycles. The number of aromatic nitrogens is 2. The number of likely N-dealkylation sites (tertiary alicyclic amines) is 1. The van der Waals surface area contributed by atoms with Crippen molar-refractivity contribution in [1.29, 1.82) is 0 Å². The maximum Gasteiger partial charge on any atom is 0.293 e. The van der Waals surface area contributed by atoms with Gasteiger partial charge in [0.05, 0.1) is 11.0 Å². The van der Waals surface area contributed by atoms with Crippen LogP contribution in [0.1, 0.15) is 58.4 Å². The molecule has 2 unspecified atom stereocenters. The van der Waals surface area contributed by atoms with E-state index in [1.54, 1.807) is 0 Å². The number of amides is 1. The number of para-hydroxylation sites is 2. The van der Waals surface area contributed by atoms with E-state index in [9.17, 15) is 9.59 Å². The molecule has 4 N–H and O–H groups in total. The van der Waals surface area contributed by atoms with Crippen LogP contribution in [0.4, 0.5) is 5.82 Å². The van der Waals surface area contributed by atoms with E-state index >= 15 is 0 Å². The molecule has 2 fully saturated rings. The summed E-state index contributed by atoms with van der Waals surface area (Å²) in [7, 11) is 0. The Morgan fingerprint density at radius 3 is 2.53 bits per heavy atom. The first-order valence-electron chi connectivity index (χ1n) is 11.7. The van der Waals surface area contributed by atoms with Gasteiger partial charge in [0.15, 0.2) is 5.82 Å². The van der Waals surface area contributed by atoms with Crippen LogP contribution in [0.2, 0.25) is 0 Å². The molecule has 0 bridgehead atoms. The fraction of sp³-hybridized carbons (Fsp3) is 0.560. The van der Waals surface area contributed by atoms with Gasteiger partial charge in [-0.15, -0.1) is 0 Å². The highest BCUT2D eigenvalue weighted by molar-refractivity contribution is 5.76. The summed E-state index contributed by atoms with van der Waals surface area (Å²) in [5, 5.41) is 0. The van der Waals surface area contributed by atoms with Crippen LogP contribution in [0, 0.1) is 11.8 Å². The minimum Gasteiger partial charge on any atom is -0.379 e. The van der Waals surface area contributed by atoms with Crippen LogP contribution >= 0.6 is 0 Å². The van der Waals surface area contributed by atoms with Crippen molar-refractivity contribution in [2.45, 2.75) is 58.4 Å². The van der Waals surface area contributed by atoms with Gasteiger partial charge in [0.2, 0.25) is 5.91 Å². The number of hydrogen-bond acceptors (Lipinski definition) is 5. The summed E-state index contributed by atoms with van der Waals surface area (Å²) in [4.78, 5) is 28.8. The SMILES string of the molecule is C=C1CC(C)CC(CCN2CCC(n3c(=O)c(N)nc4ccccc43)CC2)C1.CC(N)=O. The molecule has 1 amide bonds. The Hall–Kier alpha value is -2.67. The zero-order valence-electron chi connectivity index (χ0n) is 19.4. The van der Waals surface area contributed by atoms with Gasteiger partial charge >= 0.3 is 0 Å². The number of nitrogens with zero attached hydrogens (tertiary/aromatic N) is 3. The number of primary amides is 1. The first kappa shape index (κ1) is 24.0. The molecular formula is C25H37N5O2. The number of benzene rings is 1. The number of anilines is 1. The molecule has 1 saturated heterocycles. The Morgan fingerprint density at radius 2 is 1.88 bits per heavy atom. The smallest absolute Gasteiger partial charge is 0.293 e. The van der Waals surface area contributed by atoms with Crippen molar-refractivity contribution < 1.29 is 4.79 Å². The Balaban J connectivity index is 0.000000668. The first-order valence-corrected chi connectivity index (χ1v) is 11.7. The lowest BCUT2D eigenvalue weighted by atomic mass is 9.78. The lowest BCUT2D eigenvalue weighted by Gasteiger charge is -2.35. The molecule has 2 atom stereocenters. The zero-order valence-corrected chi connectivity index (χ0v) is 19.4. The highest BCUT2D eigenvalue weighted by atomic mass is 16.1. The Morgan fingerprint density at radius 1 is 1.22 bits per heavy atom. The minimum atomic E-state index is -0.333. The van der Waals surface area contributed by atoms with Crippen molar-refractivity contribution >= 4 is 22.8 Å². The summed E-state index contributed by atoms with van der Waals surface area (Å²) in [6.45, 7) is 11.1. The standard InChI is InChI=1S/C23H32N4O.C2H5NO/c1-16-13-17(2)15-18(14-16)7-10-26-11-8-19(9-12-26)27-21-6-4-3-5-20(21)25-22(24)23(27)28;1-2(3)4/h3-6,17-19H,1,7-15H2,2H3,(H2,24,25);1H3,(H2,3,4). The van der Waals surface area contributed by atoms with E-state index in [-0.39, 0.29) is 23.3 Å². The molecule has 1 aliphatic carbocycles. The number of carbonyl (C=O) groups excluding carboxylic acids is 1. The summed E-state index contributed by atoms with van der Waals surface area (Å²) in [5.74, 6) is 1.35. The maximum absolute atomic E-state index is 12.7. The summed E-state index contributed by atoms with van der Waals surface area (Å²) >= 11 is 0. The normalized spacial score (nSPS) is 22.4. The fourth-order valence-corrected chi connectivity index (χ4v) is 5.24. The van der Waals surface area contributed by atoms with Crippen LogP contribution in [0.15, 0.2) is 41.2 Å². The molecule has 7 nitrogen and oxygen atoms in total. The van der Waals surface area contributed by atoms with Crippen molar-refractivity contribution in [3.05, 3.63) is 46.8 Å². The molecule has 2 aromatic rings. The number of hydrogen-bond donors (Lipinski definition) is 2. The first-order chi connectivity index (χ1) is 15.2. The van der Waals surface area contributed by atoms with E-state index in [2.05, 4.69) is 29.1 Å². The summed E-state index contributed by atoms with van der Waals surface area (Å²) in [5.41, 5.74) is 13.4. The number of fused-ring (bicyclic) bond motifs is 1. The van der Waals surface area contributed by atoms with Crippen LogP contribution in [0.5, 0.6) is 0 Å². The number of nitrogens with two attached hydrogens (primary N) is 2. The third kappa shape index (κ3) is 6.19. The van der Waals surface area contributed by atoms with Gasteiger partial charge in [-0.25, -0.2) is 4.98 Å². The third-order valence-electron chi connectivity index (χ3n) is 6.55. The highest BCUT2D eigenvalue weighted by Crippen LogP contribution is 2.34. The van der Waals surface area contributed by atoms with Crippen LogP contribution in [-0.4, -0.2) is 40.0 Å². The lowest BCUT2D eigenvalue weighted by Crippen LogP contribution is -2.39. The topological polar surface area (TPSA) is 107 Å². The molecule has 2 heterocycles. The van der Waals surface area contributed by atoms with Crippen molar-refractivity contribution in [2.75, 3.05) is 25.4 Å². The van der Waals surface area contributed by atoms with E-state index in [1.807, 2.05) is 28.8 Å². The largest absolute Gasteiger partial charge is 0.379 e. The van der Waals surface area contributed by atoms with E-state index in [4.69, 9.17) is 5.73 Å². The maximum atomic E-state index is 12.7. The number of carbonyl (C=O) groups is 1. The summed E-state index contributed by atoms with van der Waals surface area (Å²) in [6, 6.07) is 8.01. The summed E-state index contributed by atoms with van der Waals surface area (Å²) in [6.07, 6.45) is 6.99. The van der Waals surface area contributed by atoms with E-state index in [0.29, 0.717) is 0 Å². The van der Waals surface area contributed by atoms with Crippen LogP contribution in [-0.2, 0) is 4.79 Å². The molecule has 1 aromatic heterocycles. The average molecular weight is 440 g/mol. The zero-order chi connectivity index (χ0) is 23.3. The molecule has 0 spiro atoms. The minimum absolute atomic E-state index is 0.104. The molecule has 1 saturated carbocycles. The average Bonchev–Trinajstić information content (AvgIpc) is 2.73. The second kappa shape index (κ2) is 10.8. The Bertz CT molecular complexity index is 1000. The molecule has 174 valence electrons.